The minimum Gasteiger partial charge on any atom is -0.496 e. The van der Waals surface area contributed by atoms with Gasteiger partial charge in [-0.2, -0.15) is 0 Å². The molecule has 0 aliphatic carbocycles. The van der Waals surface area contributed by atoms with Crippen LogP contribution in [0.4, 0.5) is 11.4 Å². The van der Waals surface area contributed by atoms with Crippen molar-refractivity contribution >= 4 is 23.3 Å². The van der Waals surface area contributed by atoms with Crippen molar-refractivity contribution in [1.29, 1.82) is 0 Å². The van der Waals surface area contributed by atoms with Crippen molar-refractivity contribution in [2.75, 3.05) is 12.4 Å². The normalized spacial score (nSPS) is 12.5. The highest BCUT2D eigenvalue weighted by Crippen LogP contribution is 2.29. The van der Waals surface area contributed by atoms with Gasteiger partial charge in [0.25, 0.3) is 11.6 Å². The van der Waals surface area contributed by atoms with Crippen molar-refractivity contribution in [3.05, 3.63) is 64.2 Å². The molecule has 1 N–H and O–H groups in total. The van der Waals surface area contributed by atoms with Gasteiger partial charge in [0.05, 0.1) is 24.5 Å². The summed E-state index contributed by atoms with van der Waals surface area (Å²) in [7, 11) is 1.38. The van der Waals surface area contributed by atoms with E-state index in [4.69, 9.17) is 9.47 Å². The zero-order valence-electron chi connectivity index (χ0n) is 15.9. The smallest absolute Gasteiger partial charge is 0.307 e. The Morgan fingerprint density at radius 2 is 1.82 bits per heavy atom. The maximum atomic E-state index is 12.3. The van der Waals surface area contributed by atoms with Gasteiger partial charge >= 0.3 is 5.97 Å². The second-order valence-corrected chi connectivity index (χ2v) is 6.28. The Bertz CT molecular complexity index is 853. The number of ether oxygens (including phenoxy) is 2. The molecule has 0 saturated carbocycles. The van der Waals surface area contributed by atoms with Crippen molar-refractivity contribution in [2.45, 2.75) is 32.3 Å². The number of esters is 1. The second-order valence-electron chi connectivity index (χ2n) is 6.28. The Morgan fingerprint density at radius 3 is 2.43 bits per heavy atom. The molecule has 0 aromatic heterocycles. The summed E-state index contributed by atoms with van der Waals surface area (Å²) in [5, 5.41) is 13.6. The van der Waals surface area contributed by atoms with Crippen LogP contribution in [0.2, 0.25) is 0 Å². The molecule has 8 nitrogen and oxygen atoms in total. The lowest BCUT2D eigenvalue weighted by atomic mass is 9.98. The Kier molecular flexibility index (Phi) is 7.08. The Hall–Kier alpha value is -3.42. The topological polar surface area (TPSA) is 108 Å². The number of methoxy groups -OCH3 is 1. The minimum atomic E-state index is -1.10. The predicted molar refractivity (Wildman–Crippen MR) is 103 cm³/mol. The van der Waals surface area contributed by atoms with E-state index in [2.05, 4.69) is 5.32 Å². The van der Waals surface area contributed by atoms with Gasteiger partial charge in [-0.05, 0) is 30.5 Å². The SMILES string of the molecule is COc1ccc(NC(=O)[C@@H](C)OC(=O)C[C@@H](C)c2ccccc2)c([N+](=O)[O-])c1. The first-order valence-corrected chi connectivity index (χ1v) is 8.69. The molecule has 0 fully saturated rings. The number of nitro groups is 1. The van der Waals surface area contributed by atoms with Gasteiger partial charge in [0.2, 0.25) is 0 Å². The van der Waals surface area contributed by atoms with E-state index in [1.54, 1.807) is 0 Å². The van der Waals surface area contributed by atoms with Gasteiger partial charge < -0.3 is 14.8 Å². The summed E-state index contributed by atoms with van der Waals surface area (Å²) >= 11 is 0. The van der Waals surface area contributed by atoms with E-state index in [0.717, 1.165) is 5.56 Å². The van der Waals surface area contributed by atoms with E-state index < -0.39 is 22.9 Å². The van der Waals surface area contributed by atoms with E-state index in [1.807, 2.05) is 37.3 Å². The van der Waals surface area contributed by atoms with Crippen LogP contribution < -0.4 is 10.1 Å². The predicted octanol–water partition coefficient (Wildman–Crippen LogP) is 3.67. The van der Waals surface area contributed by atoms with Crippen molar-refractivity contribution in [3.63, 3.8) is 0 Å². The second kappa shape index (κ2) is 9.50. The van der Waals surface area contributed by atoms with Crippen LogP contribution in [0.5, 0.6) is 5.75 Å². The van der Waals surface area contributed by atoms with E-state index in [0.29, 0.717) is 5.75 Å². The number of nitrogens with one attached hydrogen (secondary N) is 1. The van der Waals surface area contributed by atoms with E-state index >= 15 is 0 Å². The highest BCUT2D eigenvalue weighted by molar-refractivity contribution is 5.97. The fourth-order valence-electron chi connectivity index (χ4n) is 2.58. The number of nitro benzene ring substituents is 1. The number of amides is 1. The molecule has 0 aliphatic heterocycles. The summed E-state index contributed by atoms with van der Waals surface area (Å²) in [6, 6.07) is 13.5. The van der Waals surface area contributed by atoms with Crippen molar-refractivity contribution in [1.82, 2.24) is 0 Å². The summed E-state index contributed by atoms with van der Waals surface area (Å²) < 4.78 is 10.1. The lowest BCUT2D eigenvalue weighted by Gasteiger charge is -2.16. The number of hydrogen-bond acceptors (Lipinski definition) is 6. The first-order valence-electron chi connectivity index (χ1n) is 8.69. The molecular formula is C20H22N2O6. The quantitative estimate of drug-likeness (QED) is 0.421. The van der Waals surface area contributed by atoms with Crippen LogP contribution in [0.1, 0.15) is 31.7 Å². The fraction of sp³-hybridized carbons (Fsp3) is 0.300. The largest absolute Gasteiger partial charge is 0.496 e. The first-order chi connectivity index (χ1) is 13.3. The van der Waals surface area contributed by atoms with Gasteiger partial charge in [0.15, 0.2) is 6.10 Å². The van der Waals surface area contributed by atoms with E-state index in [9.17, 15) is 19.7 Å². The third kappa shape index (κ3) is 5.54. The highest BCUT2D eigenvalue weighted by Gasteiger charge is 2.23. The van der Waals surface area contributed by atoms with Gasteiger partial charge in [0, 0.05) is 0 Å². The number of hydrogen-bond donors (Lipinski definition) is 1. The van der Waals surface area contributed by atoms with Crippen molar-refractivity contribution < 1.29 is 24.0 Å². The lowest BCUT2D eigenvalue weighted by molar-refractivity contribution is -0.384. The molecule has 0 heterocycles. The standard InChI is InChI=1S/C20H22N2O6/c1-13(15-7-5-4-6-8-15)11-19(23)28-14(2)20(24)21-17-10-9-16(27-3)12-18(17)22(25)26/h4-10,12-14H,11H2,1-3H3,(H,21,24)/t13-,14-/m1/s1. The van der Waals surface area contributed by atoms with Crippen LogP contribution in [0.25, 0.3) is 0 Å². The third-order valence-corrected chi connectivity index (χ3v) is 4.18. The molecule has 0 aliphatic rings. The monoisotopic (exact) mass is 386 g/mol. The van der Waals surface area contributed by atoms with Crippen LogP contribution >= 0.6 is 0 Å². The summed E-state index contributed by atoms with van der Waals surface area (Å²) in [4.78, 5) is 35.0. The Labute approximate surface area is 162 Å². The van der Waals surface area contributed by atoms with Gasteiger partial charge in [-0.1, -0.05) is 37.3 Å². The average Bonchev–Trinajstić information content (AvgIpc) is 2.68. The molecule has 0 saturated heterocycles. The summed E-state index contributed by atoms with van der Waals surface area (Å²) in [5.74, 6) is -0.956. The Morgan fingerprint density at radius 1 is 1.14 bits per heavy atom. The zero-order valence-corrected chi connectivity index (χ0v) is 15.9. The van der Waals surface area contributed by atoms with Crippen LogP contribution in [-0.2, 0) is 14.3 Å². The molecule has 2 rings (SSSR count). The van der Waals surface area contributed by atoms with Crippen molar-refractivity contribution in [2.24, 2.45) is 0 Å². The van der Waals surface area contributed by atoms with E-state index in [1.165, 1.54) is 32.2 Å². The number of benzene rings is 2. The van der Waals surface area contributed by atoms with Crippen molar-refractivity contribution in [3.8, 4) is 5.75 Å². The third-order valence-electron chi connectivity index (χ3n) is 4.18. The number of rotatable bonds is 8. The van der Waals surface area contributed by atoms with Gasteiger partial charge in [-0.3, -0.25) is 19.7 Å². The molecule has 0 bridgehead atoms. The molecule has 2 aromatic rings. The molecule has 0 spiro atoms. The molecule has 8 heteroatoms. The molecule has 2 atom stereocenters. The molecule has 0 unspecified atom stereocenters. The minimum absolute atomic E-state index is 0.00338. The molecule has 2 aromatic carbocycles. The molecule has 28 heavy (non-hydrogen) atoms. The molecular weight excluding hydrogens is 364 g/mol. The number of carbonyl (C=O) groups excluding carboxylic acids is 2. The number of nitrogens with zero attached hydrogens (tertiary/aromatic N) is 1. The van der Waals surface area contributed by atoms with Gasteiger partial charge in [-0.15, -0.1) is 0 Å². The molecule has 0 radical (unpaired) electrons. The summed E-state index contributed by atoms with van der Waals surface area (Å²) in [6.45, 7) is 3.30. The lowest BCUT2D eigenvalue weighted by Crippen LogP contribution is -2.30. The van der Waals surface area contributed by atoms with Crippen LogP contribution in [0, 0.1) is 10.1 Å². The van der Waals surface area contributed by atoms with Crippen LogP contribution in [-0.4, -0.2) is 30.0 Å². The fourth-order valence-corrected chi connectivity index (χ4v) is 2.58. The zero-order chi connectivity index (χ0) is 20.7. The maximum absolute atomic E-state index is 12.3. The molecule has 148 valence electrons. The summed E-state index contributed by atoms with van der Waals surface area (Å²) in [5.41, 5.74) is 0.672. The highest BCUT2D eigenvalue weighted by atomic mass is 16.6. The Balaban J connectivity index is 1.97. The van der Waals surface area contributed by atoms with Gasteiger partial charge in [0.1, 0.15) is 11.4 Å². The maximum Gasteiger partial charge on any atom is 0.307 e. The van der Waals surface area contributed by atoms with Crippen LogP contribution in [0.15, 0.2) is 48.5 Å². The first kappa shape index (κ1) is 20.9. The number of carbonyl (C=O) groups is 2. The molecule has 1 amide bonds. The number of anilines is 1. The summed E-state index contributed by atoms with van der Waals surface area (Å²) in [6.07, 6.45) is -0.984. The van der Waals surface area contributed by atoms with Gasteiger partial charge in [-0.25, -0.2) is 0 Å². The average molecular weight is 386 g/mol. The van der Waals surface area contributed by atoms with Crippen LogP contribution in [0.3, 0.4) is 0 Å². The van der Waals surface area contributed by atoms with E-state index in [-0.39, 0.29) is 23.7 Å².